The molecule has 9 heteroatoms. The number of rotatable bonds is 5. The highest BCUT2D eigenvalue weighted by molar-refractivity contribution is 7.86. The summed E-state index contributed by atoms with van der Waals surface area (Å²) in [5.41, 5.74) is 1.38. The lowest BCUT2D eigenvalue weighted by molar-refractivity contribution is -0.149. The molecule has 2 aromatic rings. The van der Waals surface area contributed by atoms with Crippen molar-refractivity contribution in [1.29, 1.82) is 0 Å². The second kappa shape index (κ2) is 8.27. The number of nitrogens with zero attached hydrogens (tertiary/aromatic N) is 3. The van der Waals surface area contributed by atoms with Gasteiger partial charge in [-0.05, 0) is 35.4 Å². The lowest BCUT2D eigenvalue weighted by atomic mass is 10.00. The van der Waals surface area contributed by atoms with E-state index in [0.717, 1.165) is 10.5 Å². The number of carboxylic acids is 1. The number of carbonyl (C=O) groups excluding carboxylic acids is 2. The Morgan fingerprint density at radius 1 is 1.16 bits per heavy atom. The van der Waals surface area contributed by atoms with Gasteiger partial charge in [0.2, 0.25) is 5.91 Å². The molecule has 1 aromatic heterocycles. The van der Waals surface area contributed by atoms with Gasteiger partial charge in [-0.15, -0.1) is 0 Å². The van der Waals surface area contributed by atoms with Gasteiger partial charge in [0, 0.05) is 25.0 Å². The first-order valence-electron chi connectivity index (χ1n) is 9.50. The predicted molar refractivity (Wildman–Crippen MR) is 115 cm³/mol. The molecule has 2 amide bonds. The quantitative estimate of drug-likeness (QED) is 0.715. The third kappa shape index (κ3) is 3.68. The molecule has 1 aromatic carbocycles. The van der Waals surface area contributed by atoms with E-state index in [2.05, 4.69) is 4.98 Å². The molecule has 158 valence electrons. The van der Waals surface area contributed by atoms with Crippen molar-refractivity contribution in [3.8, 4) is 0 Å². The Labute approximate surface area is 181 Å². The van der Waals surface area contributed by atoms with Crippen LogP contribution in [-0.4, -0.2) is 54.2 Å². The number of hydrogen-bond acceptors (Lipinski definition) is 5. The summed E-state index contributed by atoms with van der Waals surface area (Å²) in [7, 11) is -1.59. The lowest BCUT2D eigenvalue weighted by Gasteiger charge is -2.52. The number of benzene rings is 1. The van der Waals surface area contributed by atoms with Gasteiger partial charge >= 0.3 is 5.97 Å². The summed E-state index contributed by atoms with van der Waals surface area (Å²) in [5, 5.41) is 8.89. The van der Waals surface area contributed by atoms with Crippen LogP contribution in [0, 0.1) is 0 Å². The molecule has 31 heavy (non-hydrogen) atoms. The van der Waals surface area contributed by atoms with E-state index in [0.29, 0.717) is 11.3 Å². The van der Waals surface area contributed by atoms with Crippen molar-refractivity contribution in [2.24, 2.45) is 0 Å². The van der Waals surface area contributed by atoms with Crippen LogP contribution in [-0.2, 0) is 25.2 Å². The van der Waals surface area contributed by atoms with E-state index in [9.17, 15) is 23.7 Å². The maximum Gasteiger partial charge on any atom is 0.352 e. The predicted octanol–water partition coefficient (Wildman–Crippen LogP) is 1.79. The molecule has 0 radical (unpaired) electrons. The highest BCUT2D eigenvalue weighted by atomic mass is 32.2. The number of carbonyl (C=O) groups is 3. The van der Waals surface area contributed by atoms with Gasteiger partial charge in [0.05, 0.1) is 16.6 Å². The summed E-state index contributed by atoms with van der Waals surface area (Å²) in [4.78, 5) is 43.7. The van der Waals surface area contributed by atoms with Crippen LogP contribution in [0.25, 0.3) is 6.08 Å². The Morgan fingerprint density at radius 2 is 1.84 bits per heavy atom. The summed E-state index contributed by atoms with van der Waals surface area (Å²) in [6.07, 6.45) is 6.45. The van der Waals surface area contributed by atoms with Gasteiger partial charge in [0.25, 0.3) is 5.91 Å². The van der Waals surface area contributed by atoms with Crippen LogP contribution in [0.15, 0.2) is 72.2 Å². The van der Waals surface area contributed by atoms with E-state index < -0.39 is 34.1 Å². The molecular weight excluding hydrogens is 418 g/mol. The molecule has 1 N–H and O–H groups in total. The summed E-state index contributed by atoms with van der Waals surface area (Å²) in [6.45, 7) is 1.32. The van der Waals surface area contributed by atoms with Crippen molar-refractivity contribution in [1.82, 2.24) is 9.88 Å². The van der Waals surface area contributed by atoms with Crippen molar-refractivity contribution in [2.45, 2.75) is 18.3 Å². The molecule has 0 saturated carbocycles. The molecule has 0 aliphatic carbocycles. The van der Waals surface area contributed by atoms with Crippen molar-refractivity contribution in [3.63, 3.8) is 0 Å². The molecule has 2 aliphatic rings. The van der Waals surface area contributed by atoms with Crippen LogP contribution in [0.5, 0.6) is 0 Å². The van der Waals surface area contributed by atoms with E-state index in [-0.39, 0.29) is 17.4 Å². The second-order valence-corrected chi connectivity index (χ2v) is 8.62. The summed E-state index contributed by atoms with van der Waals surface area (Å²) in [5.74, 6) is -2.26. The number of anilines is 1. The van der Waals surface area contributed by atoms with Crippen LogP contribution >= 0.6 is 0 Å². The fourth-order valence-corrected chi connectivity index (χ4v) is 5.49. The zero-order valence-corrected chi connectivity index (χ0v) is 17.4. The number of pyridine rings is 1. The zero-order valence-electron chi connectivity index (χ0n) is 16.5. The molecule has 4 rings (SSSR count). The first-order valence-corrected chi connectivity index (χ1v) is 10.9. The van der Waals surface area contributed by atoms with E-state index in [4.69, 9.17) is 0 Å². The van der Waals surface area contributed by atoms with Crippen molar-refractivity contribution < 1.29 is 23.7 Å². The van der Waals surface area contributed by atoms with Crippen LogP contribution in [0.4, 0.5) is 5.69 Å². The maximum atomic E-state index is 13.1. The van der Waals surface area contributed by atoms with Gasteiger partial charge in [-0.3, -0.25) is 28.6 Å². The first kappa shape index (κ1) is 20.7. The topological polar surface area (TPSA) is 108 Å². The number of carboxylic acid groups (broad SMARTS) is 1. The summed E-state index contributed by atoms with van der Waals surface area (Å²) < 4.78 is 13.1. The lowest BCUT2D eigenvalue weighted by Crippen LogP contribution is -2.74. The number of hydrogen-bond donors (Lipinski definition) is 1. The number of amides is 2. The second-order valence-electron chi connectivity index (χ2n) is 7.09. The minimum absolute atomic E-state index is 0.0330. The molecular formula is C22H19N3O5S. The number of fused-ring (bicyclic) bond motifs is 1. The van der Waals surface area contributed by atoms with E-state index in [1.807, 2.05) is 0 Å². The smallest absolute Gasteiger partial charge is 0.352 e. The van der Waals surface area contributed by atoms with Crippen molar-refractivity contribution >= 4 is 40.3 Å². The van der Waals surface area contributed by atoms with E-state index >= 15 is 0 Å². The van der Waals surface area contributed by atoms with Gasteiger partial charge in [-0.1, -0.05) is 30.4 Å². The highest BCUT2D eigenvalue weighted by Gasteiger charge is 2.59. The molecule has 8 nitrogen and oxygen atoms in total. The number of β-lactam (4-membered cyclic amide) rings is 1. The average Bonchev–Trinajstić information content (AvgIpc) is 2.76. The standard InChI is InChI=1S/C22H19N3O5S/c1-14(26)24(17-5-3-2-4-6-17)19-20(27)25-18(22(28)29)16(13-31(30)21(19)25)8-7-15-9-11-23-12-10-15/h2-12,19,21H,13H2,1H3,(H,28,29)/t19?,21-,31?/m0/s1. The molecule has 1 saturated heterocycles. The number of para-hydroxylation sites is 1. The number of aliphatic carboxylic acids is 1. The van der Waals surface area contributed by atoms with Gasteiger partial charge in [0.1, 0.15) is 17.1 Å². The van der Waals surface area contributed by atoms with Crippen LogP contribution in [0.1, 0.15) is 12.5 Å². The Hall–Kier alpha value is -3.59. The number of allylic oxidation sites excluding steroid dienone is 1. The minimum atomic E-state index is -1.59. The molecule has 3 heterocycles. The molecule has 2 aliphatic heterocycles. The van der Waals surface area contributed by atoms with Crippen LogP contribution in [0.3, 0.4) is 0 Å². The Bertz CT molecular complexity index is 1130. The Kier molecular flexibility index (Phi) is 5.51. The molecule has 0 bridgehead atoms. The zero-order chi connectivity index (χ0) is 22.1. The van der Waals surface area contributed by atoms with Gasteiger partial charge in [-0.25, -0.2) is 4.79 Å². The normalized spacial score (nSPS) is 22.8. The summed E-state index contributed by atoms with van der Waals surface area (Å²) in [6, 6.07) is 11.1. The minimum Gasteiger partial charge on any atom is -0.477 e. The van der Waals surface area contributed by atoms with Gasteiger partial charge in [-0.2, -0.15) is 0 Å². The monoisotopic (exact) mass is 437 g/mol. The first-order chi connectivity index (χ1) is 14.9. The van der Waals surface area contributed by atoms with Crippen LogP contribution in [0.2, 0.25) is 0 Å². The molecule has 0 spiro atoms. The molecule has 2 unspecified atom stereocenters. The fraction of sp³-hybridized carbons (Fsp3) is 0.182. The maximum absolute atomic E-state index is 13.1. The fourth-order valence-electron chi connectivity index (χ4n) is 3.81. The van der Waals surface area contributed by atoms with E-state index in [1.165, 1.54) is 11.8 Å². The highest BCUT2D eigenvalue weighted by Crippen LogP contribution is 2.39. The van der Waals surface area contributed by atoms with Crippen molar-refractivity contribution in [2.75, 3.05) is 10.7 Å². The number of aromatic nitrogens is 1. The summed E-state index contributed by atoms with van der Waals surface area (Å²) >= 11 is 0. The Morgan fingerprint density at radius 3 is 2.45 bits per heavy atom. The Balaban J connectivity index is 1.71. The van der Waals surface area contributed by atoms with Gasteiger partial charge in [0.15, 0.2) is 0 Å². The largest absolute Gasteiger partial charge is 0.477 e. The SMILES string of the molecule is CC(=O)N(c1ccccc1)C1C(=O)N2C(C(=O)O)=C(C=Cc3ccncc3)CS(=O)[C@@H]12. The third-order valence-electron chi connectivity index (χ3n) is 5.16. The van der Waals surface area contributed by atoms with Crippen LogP contribution < -0.4 is 4.90 Å². The van der Waals surface area contributed by atoms with Gasteiger partial charge < -0.3 is 5.11 Å². The average molecular weight is 437 g/mol. The molecule has 3 atom stereocenters. The third-order valence-corrected chi connectivity index (χ3v) is 6.77. The van der Waals surface area contributed by atoms with E-state index in [1.54, 1.807) is 67.0 Å². The molecule has 1 fully saturated rings. The van der Waals surface area contributed by atoms with Crippen molar-refractivity contribution in [3.05, 3.63) is 77.8 Å².